The number of carbonyl (C=O) groups is 1. The Morgan fingerprint density at radius 2 is 1.83 bits per heavy atom. The number of fused-ring (bicyclic) bond motifs is 1. The summed E-state index contributed by atoms with van der Waals surface area (Å²) in [7, 11) is 1.54. The Morgan fingerprint density at radius 1 is 1.17 bits per heavy atom. The van der Waals surface area contributed by atoms with Crippen molar-refractivity contribution in [3.05, 3.63) is 71.3 Å². The van der Waals surface area contributed by atoms with Gasteiger partial charge in [0.1, 0.15) is 0 Å². The molecule has 3 rings (SSSR count). The molecule has 0 fully saturated rings. The van der Waals surface area contributed by atoms with Crippen LogP contribution in [0.3, 0.4) is 0 Å². The van der Waals surface area contributed by atoms with Gasteiger partial charge in [-0.1, -0.05) is 54.6 Å². The van der Waals surface area contributed by atoms with Crippen molar-refractivity contribution in [1.29, 1.82) is 0 Å². The van der Waals surface area contributed by atoms with Crippen molar-refractivity contribution >= 4 is 18.3 Å². The summed E-state index contributed by atoms with van der Waals surface area (Å²) in [6, 6.07) is 17.3. The number of hydrogen-bond donors (Lipinski definition) is 2. The Bertz CT molecular complexity index is 663. The first-order chi connectivity index (χ1) is 10.7. The van der Waals surface area contributed by atoms with Crippen molar-refractivity contribution < 1.29 is 9.53 Å². The summed E-state index contributed by atoms with van der Waals surface area (Å²) in [5, 5.41) is 3.04. The number of carbonyl (C=O) groups excluding carboxylic acids is 1. The number of nitrogens with one attached hydrogen (secondary N) is 1. The summed E-state index contributed by atoms with van der Waals surface area (Å²) in [5.41, 5.74) is 9.42. The highest BCUT2D eigenvalue weighted by Gasteiger charge is 2.32. The third-order valence-corrected chi connectivity index (χ3v) is 4.19. The summed E-state index contributed by atoms with van der Waals surface area (Å²) in [6.45, 7) is 0. The minimum atomic E-state index is -0.614. The zero-order chi connectivity index (χ0) is 15.5. The molecule has 0 aliphatic heterocycles. The van der Waals surface area contributed by atoms with Crippen molar-refractivity contribution in [2.75, 3.05) is 7.11 Å². The number of halogens is 1. The predicted molar refractivity (Wildman–Crippen MR) is 92.4 cm³/mol. The SMILES string of the molecule is COC(C(=O)N[C@H]1Cc2ccccc2[C@@H]1N)c1ccccc1.Cl. The fourth-order valence-electron chi connectivity index (χ4n) is 3.05. The number of benzene rings is 2. The van der Waals surface area contributed by atoms with Crippen LogP contribution in [-0.4, -0.2) is 19.1 Å². The third kappa shape index (κ3) is 3.55. The van der Waals surface area contributed by atoms with Crippen LogP contribution in [0.4, 0.5) is 0 Å². The molecular weight excluding hydrogens is 312 g/mol. The maximum atomic E-state index is 12.5. The van der Waals surface area contributed by atoms with E-state index in [2.05, 4.69) is 11.4 Å². The van der Waals surface area contributed by atoms with Crippen molar-refractivity contribution in [2.45, 2.75) is 24.6 Å². The molecule has 0 saturated heterocycles. The Balaban J connectivity index is 0.00000192. The molecule has 0 aromatic heterocycles. The second kappa shape index (κ2) is 7.59. The molecule has 1 unspecified atom stereocenters. The topological polar surface area (TPSA) is 64.3 Å². The quantitative estimate of drug-likeness (QED) is 0.904. The number of ether oxygens (including phenoxy) is 1. The lowest BCUT2D eigenvalue weighted by Crippen LogP contribution is -2.43. The van der Waals surface area contributed by atoms with Gasteiger partial charge in [0.25, 0.3) is 5.91 Å². The molecular formula is C18H21ClN2O2. The number of methoxy groups -OCH3 is 1. The minimum Gasteiger partial charge on any atom is -0.367 e. The van der Waals surface area contributed by atoms with Crippen LogP contribution in [0.25, 0.3) is 0 Å². The molecule has 0 bridgehead atoms. The first-order valence-electron chi connectivity index (χ1n) is 7.42. The fourth-order valence-corrected chi connectivity index (χ4v) is 3.05. The van der Waals surface area contributed by atoms with E-state index in [4.69, 9.17) is 10.5 Å². The van der Waals surface area contributed by atoms with Crippen LogP contribution in [0, 0.1) is 0 Å². The third-order valence-electron chi connectivity index (χ3n) is 4.19. The Labute approximate surface area is 142 Å². The number of hydrogen-bond acceptors (Lipinski definition) is 3. The van der Waals surface area contributed by atoms with E-state index < -0.39 is 6.10 Å². The second-order valence-electron chi connectivity index (χ2n) is 5.57. The maximum absolute atomic E-state index is 12.5. The van der Waals surface area contributed by atoms with Gasteiger partial charge in [-0.2, -0.15) is 0 Å². The smallest absolute Gasteiger partial charge is 0.254 e. The van der Waals surface area contributed by atoms with Crippen LogP contribution in [0.15, 0.2) is 54.6 Å². The number of rotatable bonds is 4. The number of nitrogens with two attached hydrogens (primary N) is 1. The van der Waals surface area contributed by atoms with Gasteiger partial charge in [0.05, 0.1) is 12.1 Å². The van der Waals surface area contributed by atoms with Crippen LogP contribution in [-0.2, 0) is 16.0 Å². The van der Waals surface area contributed by atoms with Crippen molar-refractivity contribution in [2.24, 2.45) is 5.73 Å². The van der Waals surface area contributed by atoms with Crippen LogP contribution in [0.1, 0.15) is 28.8 Å². The molecule has 5 heteroatoms. The highest BCUT2D eigenvalue weighted by molar-refractivity contribution is 5.85. The van der Waals surface area contributed by atoms with E-state index >= 15 is 0 Å². The van der Waals surface area contributed by atoms with E-state index in [1.165, 1.54) is 5.56 Å². The van der Waals surface area contributed by atoms with Gasteiger partial charge in [-0.15, -0.1) is 12.4 Å². The van der Waals surface area contributed by atoms with Crippen molar-refractivity contribution in [3.63, 3.8) is 0 Å². The maximum Gasteiger partial charge on any atom is 0.254 e. The molecule has 122 valence electrons. The largest absolute Gasteiger partial charge is 0.367 e. The van der Waals surface area contributed by atoms with Gasteiger partial charge < -0.3 is 15.8 Å². The second-order valence-corrected chi connectivity index (χ2v) is 5.57. The van der Waals surface area contributed by atoms with E-state index in [1.807, 2.05) is 48.5 Å². The zero-order valence-corrected chi connectivity index (χ0v) is 13.8. The predicted octanol–water partition coefficient (Wildman–Crippen LogP) is 2.54. The Hall–Kier alpha value is -1.88. The van der Waals surface area contributed by atoms with Gasteiger partial charge in [0, 0.05) is 7.11 Å². The van der Waals surface area contributed by atoms with E-state index in [0.717, 1.165) is 17.5 Å². The van der Waals surface area contributed by atoms with Gasteiger partial charge in [0.15, 0.2) is 6.10 Å². The lowest BCUT2D eigenvalue weighted by atomic mass is 10.1. The van der Waals surface area contributed by atoms with Crippen LogP contribution in [0.5, 0.6) is 0 Å². The van der Waals surface area contributed by atoms with Crippen molar-refractivity contribution in [1.82, 2.24) is 5.32 Å². The lowest BCUT2D eigenvalue weighted by molar-refractivity contribution is -0.132. The van der Waals surface area contributed by atoms with Crippen LogP contribution < -0.4 is 11.1 Å². The molecule has 3 N–H and O–H groups in total. The molecule has 2 aromatic rings. The molecule has 1 aliphatic rings. The number of amides is 1. The highest BCUT2D eigenvalue weighted by atomic mass is 35.5. The van der Waals surface area contributed by atoms with Gasteiger partial charge >= 0.3 is 0 Å². The fraction of sp³-hybridized carbons (Fsp3) is 0.278. The molecule has 2 aromatic carbocycles. The van der Waals surface area contributed by atoms with Gasteiger partial charge in [-0.25, -0.2) is 0 Å². The average Bonchev–Trinajstić information content (AvgIpc) is 2.86. The molecule has 0 heterocycles. The summed E-state index contributed by atoms with van der Waals surface area (Å²) in [6.07, 6.45) is 0.144. The monoisotopic (exact) mass is 332 g/mol. The molecule has 1 aliphatic carbocycles. The Morgan fingerprint density at radius 3 is 2.48 bits per heavy atom. The normalized spacial score (nSPS) is 20.3. The van der Waals surface area contributed by atoms with Crippen molar-refractivity contribution in [3.8, 4) is 0 Å². The van der Waals surface area contributed by atoms with Gasteiger partial charge in [-0.3, -0.25) is 4.79 Å². The van der Waals surface area contributed by atoms with Crippen LogP contribution >= 0.6 is 12.4 Å². The molecule has 0 saturated carbocycles. The molecule has 0 radical (unpaired) electrons. The average molecular weight is 333 g/mol. The lowest BCUT2D eigenvalue weighted by Gasteiger charge is -2.22. The molecule has 23 heavy (non-hydrogen) atoms. The summed E-state index contributed by atoms with van der Waals surface area (Å²) >= 11 is 0. The van der Waals surface area contributed by atoms with Gasteiger partial charge in [-0.05, 0) is 23.1 Å². The zero-order valence-electron chi connectivity index (χ0n) is 12.9. The van der Waals surface area contributed by atoms with Crippen LogP contribution in [0.2, 0.25) is 0 Å². The summed E-state index contributed by atoms with van der Waals surface area (Å²) in [4.78, 5) is 12.5. The standard InChI is InChI=1S/C18H20N2O2.ClH/c1-22-17(12-7-3-2-4-8-12)18(21)20-15-11-13-9-5-6-10-14(13)16(15)19;/h2-10,15-17H,11,19H2,1H3,(H,20,21);1H/t15-,16-,17?;/m0./s1. The van der Waals surface area contributed by atoms with Gasteiger partial charge in [0.2, 0.25) is 0 Å². The molecule has 4 nitrogen and oxygen atoms in total. The van der Waals surface area contributed by atoms with E-state index in [1.54, 1.807) is 7.11 Å². The molecule has 3 atom stereocenters. The molecule has 1 amide bonds. The highest BCUT2D eigenvalue weighted by Crippen LogP contribution is 2.30. The summed E-state index contributed by atoms with van der Waals surface area (Å²) < 4.78 is 5.37. The first-order valence-corrected chi connectivity index (χ1v) is 7.42. The molecule has 0 spiro atoms. The van der Waals surface area contributed by atoms with E-state index in [0.29, 0.717) is 0 Å². The van der Waals surface area contributed by atoms with E-state index in [9.17, 15) is 4.79 Å². The Kier molecular flexibility index (Phi) is 5.77. The summed E-state index contributed by atoms with van der Waals surface area (Å²) in [5.74, 6) is -0.151. The van der Waals surface area contributed by atoms with E-state index in [-0.39, 0.29) is 30.4 Å². The first kappa shape index (κ1) is 17.5. The minimum absolute atomic E-state index is 0.